The SMILES string of the molecule is COc1cc(NC(=NCc2ccccc2)NCC(=O)N(C)C)cc(OC)c1OC.I. The number of rotatable bonds is 8. The zero-order valence-corrected chi connectivity index (χ0v) is 20.2. The number of ether oxygens (including phenoxy) is 3. The summed E-state index contributed by atoms with van der Waals surface area (Å²) in [6, 6.07) is 13.4. The van der Waals surface area contributed by atoms with Crippen LogP contribution in [0.25, 0.3) is 0 Å². The summed E-state index contributed by atoms with van der Waals surface area (Å²) >= 11 is 0. The van der Waals surface area contributed by atoms with E-state index in [9.17, 15) is 4.79 Å². The Hall–Kier alpha value is -2.69. The number of hydrogen-bond donors (Lipinski definition) is 2. The first-order chi connectivity index (χ1) is 14.0. The summed E-state index contributed by atoms with van der Waals surface area (Å²) in [4.78, 5) is 18.1. The van der Waals surface area contributed by atoms with Crippen molar-refractivity contribution in [2.45, 2.75) is 6.54 Å². The molecular formula is C21H29IN4O4. The number of anilines is 1. The molecule has 0 saturated heterocycles. The van der Waals surface area contributed by atoms with Crippen molar-refractivity contribution in [1.29, 1.82) is 0 Å². The predicted molar refractivity (Wildman–Crippen MR) is 129 cm³/mol. The molecule has 0 unspecified atom stereocenters. The van der Waals surface area contributed by atoms with Gasteiger partial charge in [0.1, 0.15) is 0 Å². The van der Waals surface area contributed by atoms with Crippen LogP contribution < -0.4 is 24.8 Å². The molecule has 8 nitrogen and oxygen atoms in total. The molecule has 2 aromatic rings. The van der Waals surface area contributed by atoms with E-state index in [4.69, 9.17) is 14.2 Å². The van der Waals surface area contributed by atoms with Crippen LogP contribution in [0.1, 0.15) is 5.56 Å². The molecule has 1 amide bonds. The summed E-state index contributed by atoms with van der Waals surface area (Å²) in [6.45, 7) is 0.564. The highest BCUT2D eigenvalue weighted by Gasteiger charge is 2.14. The average molecular weight is 528 g/mol. The lowest BCUT2D eigenvalue weighted by Crippen LogP contribution is -2.39. The number of nitrogens with one attached hydrogen (secondary N) is 2. The van der Waals surface area contributed by atoms with Crippen molar-refractivity contribution in [3.8, 4) is 17.2 Å². The molecule has 30 heavy (non-hydrogen) atoms. The fourth-order valence-corrected chi connectivity index (χ4v) is 2.50. The van der Waals surface area contributed by atoms with Gasteiger partial charge < -0.3 is 29.7 Å². The Morgan fingerprint density at radius 2 is 1.60 bits per heavy atom. The molecule has 0 heterocycles. The molecule has 0 aliphatic rings. The third-order valence-electron chi connectivity index (χ3n) is 4.10. The molecule has 164 valence electrons. The monoisotopic (exact) mass is 528 g/mol. The van der Waals surface area contributed by atoms with Crippen molar-refractivity contribution in [2.75, 3.05) is 47.3 Å². The molecule has 2 rings (SSSR count). The molecule has 0 aliphatic carbocycles. The van der Waals surface area contributed by atoms with Gasteiger partial charge in [0.05, 0.1) is 34.4 Å². The maximum Gasteiger partial charge on any atom is 0.241 e. The standard InChI is InChI=1S/C21H28N4O4.HI/c1-25(2)19(26)14-23-21(22-13-15-9-7-6-8-10-15)24-16-11-17(27-3)20(29-5)18(12-16)28-4;/h6-12H,13-14H2,1-5H3,(H2,22,23,24);1H. The summed E-state index contributed by atoms with van der Waals surface area (Å²) < 4.78 is 16.1. The Labute approximate surface area is 194 Å². The van der Waals surface area contributed by atoms with Gasteiger partial charge in [-0.2, -0.15) is 0 Å². The highest BCUT2D eigenvalue weighted by atomic mass is 127. The molecule has 2 aromatic carbocycles. The van der Waals surface area contributed by atoms with Crippen LogP contribution in [0, 0.1) is 0 Å². The van der Waals surface area contributed by atoms with E-state index in [1.165, 1.54) is 4.90 Å². The van der Waals surface area contributed by atoms with Crippen molar-refractivity contribution in [3.63, 3.8) is 0 Å². The van der Waals surface area contributed by atoms with Gasteiger partial charge in [-0.25, -0.2) is 4.99 Å². The minimum Gasteiger partial charge on any atom is -0.493 e. The molecule has 0 aromatic heterocycles. The minimum atomic E-state index is -0.0656. The topological polar surface area (TPSA) is 84.4 Å². The first kappa shape index (κ1) is 25.3. The Bertz CT molecular complexity index is 819. The molecule has 0 aliphatic heterocycles. The summed E-state index contributed by atoms with van der Waals surface area (Å²) in [5, 5.41) is 6.25. The van der Waals surface area contributed by atoms with Gasteiger partial charge in [0.25, 0.3) is 0 Å². The number of aliphatic imine (C=N–C) groups is 1. The van der Waals surface area contributed by atoms with E-state index in [2.05, 4.69) is 15.6 Å². The minimum absolute atomic E-state index is 0. The molecule has 9 heteroatoms. The number of nitrogens with zero attached hydrogens (tertiary/aromatic N) is 2. The van der Waals surface area contributed by atoms with Gasteiger partial charge in [0, 0.05) is 31.9 Å². The van der Waals surface area contributed by atoms with E-state index in [-0.39, 0.29) is 36.4 Å². The normalized spacial score (nSPS) is 10.5. The Kier molecular flexibility index (Phi) is 10.8. The Morgan fingerprint density at radius 3 is 2.10 bits per heavy atom. The Morgan fingerprint density at radius 1 is 1.00 bits per heavy atom. The number of methoxy groups -OCH3 is 3. The summed E-state index contributed by atoms with van der Waals surface area (Å²) in [7, 11) is 8.07. The first-order valence-electron chi connectivity index (χ1n) is 9.08. The van der Waals surface area contributed by atoms with Crippen LogP contribution in [-0.2, 0) is 11.3 Å². The molecule has 0 fully saturated rings. The van der Waals surface area contributed by atoms with E-state index in [0.717, 1.165) is 5.56 Å². The largest absolute Gasteiger partial charge is 0.493 e. The number of hydrogen-bond acceptors (Lipinski definition) is 5. The lowest BCUT2D eigenvalue weighted by atomic mass is 10.2. The van der Waals surface area contributed by atoms with Gasteiger partial charge in [-0.05, 0) is 5.56 Å². The maximum absolute atomic E-state index is 12.0. The average Bonchev–Trinajstić information content (AvgIpc) is 2.75. The summed E-state index contributed by atoms with van der Waals surface area (Å²) in [5.41, 5.74) is 1.73. The van der Waals surface area contributed by atoms with Crippen molar-refractivity contribution >= 4 is 41.5 Å². The van der Waals surface area contributed by atoms with Crippen molar-refractivity contribution in [2.24, 2.45) is 4.99 Å². The van der Waals surface area contributed by atoms with Crippen LogP contribution in [0.4, 0.5) is 5.69 Å². The number of benzene rings is 2. The second-order valence-electron chi connectivity index (χ2n) is 6.33. The molecule has 0 spiro atoms. The second-order valence-corrected chi connectivity index (χ2v) is 6.33. The highest BCUT2D eigenvalue weighted by molar-refractivity contribution is 14.0. The van der Waals surface area contributed by atoms with E-state index >= 15 is 0 Å². The summed E-state index contributed by atoms with van der Waals surface area (Å²) in [6.07, 6.45) is 0. The van der Waals surface area contributed by atoms with Crippen LogP contribution in [0.15, 0.2) is 47.5 Å². The third-order valence-corrected chi connectivity index (χ3v) is 4.10. The van der Waals surface area contributed by atoms with E-state index in [1.807, 2.05) is 30.3 Å². The van der Waals surface area contributed by atoms with Crippen LogP contribution in [-0.4, -0.2) is 58.7 Å². The zero-order chi connectivity index (χ0) is 21.2. The lowest BCUT2D eigenvalue weighted by molar-refractivity contribution is -0.127. The fraction of sp³-hybridized carbons (Fsp3) is 0.333. The first-order valence-corrected chi connectivity index (χ1v) is 9.08. The van der Waals surface area contributed by atoms with E-state index in [1.54, 1.807) is 47.6 Å². The Balaban J connectivity index is 0.00000450. The van der Waals surface area contributed by atoms with Crippen molar-refractivity contribution in [1.82, 2.24) is 10.2 Å². The van der Waals surface area contributed by atoms with Gasteiger partial charge in [0.15, 0.2) is 17.5 Å². The van der Waals surface area contributed by atoms with E-state index < -0.39 is 0 Å². The third kappa shape index (κ3) is 7.29. The van der Waals surface area contributed by atoms with Gasteiger partial charge in [-0.1, -0.05) is 30.3 Å². The molecule has 0 bridgehead atoms. The van der Waals surface area contributed by atoms with Crippen LogP contribution >= 0.6 is 24.0 Å². The van der Waals surface area contributed by atoms with Crippen LogP contribution in [0.5, 0.6) is 17.2 Å². The highest BCUT2D eigenvalue weighted by Crippen LogP contribution is 2.39. The number of halogens is 1. The van der Waals surface area contributed by atoms with Gasteiger partial charge in [0.2, 0.25) is 11.7 Å². The zero-order valence-electron chi connectivity index (χ0n) is 17.9. The molecule has 0 saturated carbocycles. The van der Waals surface area contributed by atoms with Crippen LogP contribution in [0.2, 0.25) is 0 Å². The molecule has 0 atom stereocenters. The smallest absolute Gasteiger partial charge is 0.241 e. The summed E-state index contributed by atoms with van der Waals surface area (Å²) in [5.74, 6) is 1.92. The quantitative estimate of drug-likeness (QED) is 0.312. The van der Waals surface area contributed by atoms with Crippen LogP contribution in [0.3, 0.4) is 0 Å². The number of carbonyl (C=O) groups excluding carboxylic acids is 1. The molecule has 0 radical (unpaired) electrons. The van der Waals surface area contributed by atoms with Crippen molar-refractivity contribution < 1.29 is 19.0 Å². The number of likely N-dealkylation sites (N-methyl/N-ethyl adjacent to an activating group) is 1. The molecule has 2 N–H and O–H groups in total. The molecular weight excluding hydrogens is 499 g/mol. The van der Waals surface area contributed by atoms with Gasteiger partial charge >= 0.3 is 0 Å². The van der Waals surface area contributed by atoms with E-state index in [0.29, 0.717) is 35.4 Å². The van der Waals surface area contributed by atoms with Gasteiger partial charge in [-0.3, -0.25) is 4.79 Å². The fourth-order valence-electron chi connectivity index (χ4n) is 2.50. The van der Waals surface area contributed by atoms with Gasteiger partial charge in [-0.15, -0.1) is 24.0 Å². The van der Waals surface area contributed by atoms with Crippen molar-refractivity contribution in [3.05, 3.63) is 48.0 Å². The lowest BCUT2D eigenvalue weighted by Gasteiger charge is -2.17. The number of guanidine groups is 1. The second kappa shape index (κ2) is 12.8. The predicted octanol–water partition coefficient (Wildman–Crippen LogP) is 2.98. The number of amides is 1. The maximum atomic E-state index is 12.0. The number of carbonyl (C=O) groups is 1.